The first kappa shape index (κ1) is 22.3. The third-order valence-corrected chi connectivity index (χ3v) is 5.76. The van der Waals surface area contributed by atoms with E-state index in [1.165, 1.54) is 41.3 Å². The number of halogens is 2. The second-order valence-corrected chi connectivity index (χ2v) is 7.90. The molecule has 0 saturated heterocycles. The van der Waals surface area contributed by atoms with Gasteiger partial charge in [0.1, 0.15) is 17.4 Å². The number of carbonyl (C=O) groups excluding carboxylic acids is 1. The minimum Gasteiger partial charge on any atom is -0.497 e. The molecule has 1 N–H and O–H groups in total. The third-order valence-electron chi connectivity index (χ3n) is 5.76. The minimum atomic E-state index is -0.682. The molecule has 1 aliphatic rings. The summed E-state index contributed by atoms with van der Waals surface area (Å²) in [6.07, 6.45) is 0. The first-order chi connectivity index (χ1) is 16.9. The number of methoxy groups -OCH3 is 1. The van der Waals surface area contributed by atoms with Crippen LogP contribution >= 0.6 is 0 Å². The van der Waals surface area contributed by atoms with Gasteiger partial charge in [0, 0.05) is 11.3 Å². The number of allylic oxidation sites excluding steroid dienone is 1. The first-order valence-corrected chi connectivity index (χ1v) is 10.8. The van der Waals surface area contributed by atoms with Crippen LogP contribution in [0.3, 0.4) is 0 Å². The van der Waals surface area contributed by atoms with E-state index in [0.717, 1.165) is 0 Å². The Hall–Kier alpha value is -4.53. The summed E-state index contributed by atoms with van der Waals surface area (Å²) in [5.74, 6) is 0.339. The van der Waals surface area contributed by atoms with E-state index in [2.05, 4.69) is 15.5 Å². The molecule has 5 rings (SSSR count). The highest BCUT2D eigenvalue weighted by atomic mass is 19.1. The Bertz CT molecular complexity index is 1420. The van der Waals surface area contributed by atoms with E-state index in [9.17, 15) is 13.6 Å². The average Bonchev–Trinajstić information content (AvgIpc) is 3.35. The number of rotatable bonds is 5. The molecule has 7 nitrogen and oxygen atoms in total. The molecule has 3 aromatic carbocycles. The van der Waals surface area contributed by atoms with Crippen LogP contribution in [0, 0.1) is 11.6 Å². The van der Waals surface area contributed by atoms with Crippen LogP contribution < -0.4 is 15.0 Å². The molecule has 1 atom stereocenters. The fourth-order valence-electron chi connectivity index (χ4n) is 4.04. The summed E-state index contributed by atoms with van der Waals surface area (Å²) in [6.45, 7) is 1.74. The average molecular weight is 474 g/mol. The number of ether oxygens (including phenoxy) is 1. The molecular formula is C26H20F2N4O3. The van der Waals surface area contributed by atoms with Gasteiger partial charge >= 0.3 is 6.03 Å². The zero-order valence-electron chi connectivity index (χ0n) is 18.8. The molecule has 0 radical (unpaired) electrons. The smallest absolute Gasteiger partial charge is 0.326 e. The summed E-state index contributed by atoms with van der Waals surface area (Å²) in [5, 5.41) is 7.05. The quantitative estimate of drug-likeness (QED) is 0.400. The summed E-state index contributed by atoms with van der Waals surface area (Å²) in [7, 11) is 1.57. The number of amides is 2. The van der Waals surface area contributed by atoms with Gasteiger partial charge in [-0.15, -0.1) is 0 Å². The van der Waals surface area contributed by atoms with Gasteiger partial charge in [0.25, 0.3) is 5.89 Å². The van der Waals surface area contributed by atoms with Crippen molar-refractivity contribution >= 4 is 17.3 Å². The number of hydrogen-bond donors (Lipinski definition) is 1. The van der Waals surface area contributed by atoms with E-state index in [-0.39, 0.29) is 5.89 Å². The summed E-state index contributed by atoms with van der Waals surface area (Å²) in [5.41, 5.74) is 2.82. The van der Waals surface area contributed by atoms with Gasteiger partial charge in [0.2, 0.25) is 5.82 Å². The summed E-state index contributed by atoms with van der Waals surface area (Å²) in [6, 6.07) is 17.5. The van der Waals surface area contributed by atoms with Crippen molar-refractivity contribution in [2.45, 2.75) is 13.0 Å². The van der Waals surface area contributed by atoms with Crippen LogP contribution in [0.1, 0.15) is 24.4 Å². The molecule has 4 aromatic rings. The number of carbonyl (C=O) groups is 1. The van der Waals surface area contributed by atoms with Gasteiger partial charge in [0.15, 0.2) is 0 Å². The van der Waals surface area contributed by atoms with Crippen molar-refractivity contribution < 1.29 is 22.8 Å². The molecule has 176 valence electrons. The maximum absolute atomic E-state index is 13.6. The Morgan fingerprint density at radius 3 is 2.37 bits per heavy atom. The lowest BCUT2D eigenvalue weighted by atomic mass is 9.94. The molecule has 0 saturated carbocycles. The van der Waals surface area contributed by atoms with E-state index < -0.39 is 23.7 Å². The van der Waals surface area contributed by atoms with Gasteiger partial charge in [-0.25, -0.2) is 13.6 Å². The molecule has 1 aliphatic heterocycles. The van der Waals surface area contributed by atoms with E-state index in [4.69, 9.17) is 9.26 Å². The predicted molar refractivity (Wildman–Crippen MR) is 125 cm³/mol. The molecule has 35 heavy (non-hydrogen) atoms. The van der Waals surface area contributed by atoms with Crippen LogP contribution in [0.2, 0.25) is 0 Å². The van der Waals surface area contributed by atoms with Gasteiger partial charge in [-0.2, -0.15) is 4.98 Å². The Kier molecular flexibility index (Phi) is 5.74. The van der Waals surface area contributed by atoms with Crippen molar-refractivity contribution in [1.82, 2.24) is 15.5 Å². The van der Waals surface area contributed by atoms with Crippen molar-refractivity contribution in [2.24, 2.45) is 0 Å². The largest absolute Gasteiger partial charge is 0.497 e. The number of urea groups is 1. The molecular weight excluding hydrogens is 454 g/mol. The van der Waals surface area contributed by atoms with Gasteiger partial charge in [0.05, 0.1) is 24.4 Å². The molecule has 1 unspecified atom stereocenters. The molecule has 0 aliphatic carbocycles. The maximum atomic E-state index is 13.6. The van der Waals surface area contributed by atoms with Crippen LogP contribution in [0.15, 0.2) is 83.0 Å². The fraction of sp³-hybridized carbons (Fsp3) is 0.115. The number of anilines is 1. The Labute approximate surface area is 199 Å². The van der Waals surface area contributed by atoms with E-state index in [0.29, 0.717) is 39.7 Å². The topological polar surface area (TPSA) is 80.5 Å². The second kappa shape index (κ2) is 9.02. The maximum Gasteiger partial charge on any atom is 0.326 e. The number of hydrogen-bond acceptors (Lipinski definition) is 5. The zero-order chi connectivity index (χ0) is 24.5. The molecule has 0 fully saturated rings. The monoisotopic (exact) mass is 474 g/mol. The highest BCUT2D eigenvalue weighted by Crippen LogP contribution is 2.39. The SMILES string of the molecule is COc1cccc(-c2noc(C3=C(C)N(c4ccc(F)cc4)C(=O)NC3c3ccc(F)cc3)n2)c1. The Morgan fingerprint density at radius 2 is 1.69 bits per heavy atom. The van der Waals surface area contributed by atoms with Gasteiger partial charge in [-0.3, -0.25) is 4.90 Å². The van der Waals surface area contributed by atoms with Crippen molar-refractivity contribution in [2.75, 3.05) is 12.0 Å². The Balaban J connectivity index is 1.64. The van der Waals surface area contributed by atoms with Crippen molar-refractivity contribution in [3.8, 4) is 17.1 Å². The lowest BCUT2D eigenvalue weighted by Gasteiger charge is -2.35. The van der Waals surface area contributed by atoms with Crippen LogP contribution in [-0.4, -0.2) is 23.3 Å². The Morgan fingerprint density at radius 1 is 1.00 bits per heavy atom. The normalized spacial score (nSPS) is 15.8. The number of nitrogens with one attached hydrogen (secondary N) is 1. The van der Waals surface area contributed by atoms with Crippen molar-refractivity contribution in [3.63, 3.8) is 0 Å². The summed E-state index contributed by atoms with van der Waals surface area (Å²) >= 11 is 0. The van der Waals surface area contributed by atoms with E-state index in [1.807, 2.05) is 12.1 Å². The fourth-order valence-corrected chi connectivity index (χ4v) is 4.04. The highest BCUT2D eigenvalue weighted by Gasteiger charge is 2.36. The highest BCUT2D eigenvalue weighted by molar-refractivity contribution is 6.01. The lowest BCUT2D eigenvalue weighted by Crippen LogP contribution is -2.46. The lowest BCUT2D eigenvalue weighted by molar-refractivity contribution is 0.244. The minimum absolute atomic E-state index is 0.182. The van der Waals surface area contributed by atoms with Crippen molar-refractivity contribution in [3.05, 3.63) is 102 Å². The molecule has 1 aromatic heterocycles. The van der Waals surface area contributed by atoms with Crippen LogP contribution in [0.25, 0.3) is 17.0 Å². The van der Waals surface area contributed by atoms with Crippen LogP contribution in [0.4, 0.5) is 19.3 Å². The molecule has 2 amide bonds. The first-order valence-electron chi connectivity index (χ1n) is 10.8. The van der Waals surface area contributed by atoms with E-state index in [1.54, 1.807) is 38.3 Å². The van der Waals surface area contributed by atoms with Crippen molar-refractivity contribution in [1.29, 1.82) is 0 Å². The third kappa shape index (κ3) is 4.23. The zero-order valence-corrected chi connectivity index (χ0v) is 18.8. The standard InChI is InChI=1S/C26H20F2N4O3/c1-15-22(25-30-24(31-35-25)17-4-3-5-21(14-17)34-2)23(16-6-8-18(27)9-7-16)29-26(33)32(15)20-12-10-19(28)11-13-20/h3-14,23H,1-2H3,(H,29,33). The van der Waals surface area contributed by atoms with E-state index >= 15 is 0 Å². The summed E-state index contributed by atoms with van der Waals surface area (Å²) in [4.78, 5) is 19.1. The van der Waals surface area contributed by atoms with Gasteiger partial charge in [-0.05, 0) is 61.0 Å². The number of nitrogens with zero attached hydrogens (tertiary/aromatic N) is 3. The molecule has 0 spiro atoms. The second-order valence-electron chi connectivity index (χ2n) is 7.90. The summed E-state index contributed by atoms with van der Waals surface area (Å²) < 4.78 is 38.0. The molecule has 9 heteroatoms. The van der Waals surface area contributed by atoms with Crippen LogP contribution in [-0.2, 0) is 0 Å². The number of aromatic nitrogens is 2. The molecule has 2 heterocycles. The van der Waals surface area contributed by atoms with Gasteiger partial charge in [-0.1, -0.05) is 29.4 Å². The number of benzene rings is 3. The van der Waals surface area contributed by atoms with Gasteiger partial charge < -0.3 is 14.6 Å². The predicted octanol–water partition coefficient (Wildman–Crippen LogP) is 5.73. The molecule has 0 bridgehead atoms. The van der Waals surface area contributed by atoms with Crippen LogP contribution in [0.5, 0.6) is 5.75 Å².